The number of nitrogens with one attached hydrogen (secondary N) is 2. The van der Waals surface area contributed by atoms with Gasteiger partial charge in [0.1, 0.15) is 0 Å². The molecule has 4 nitrogen and oxygen atoms in total. The van der Waals surface area contributed by atoms with Gasteiger partial charge in [-0.3, -0.25) is 9.69 Å². The van der Waals surface area contributed by atoms with Crippen LogP contribution < -0.4 is 10.6 Å². The molecule has 116 valence electrons. The fraction of sp³-hybridized carbons (Fsp3) is 0.812. The third-order valence-corrected chi connectivity index (χ3v) is 3.98. The molecule has 1 unspecified atom stereocenters. The molecule has 1 rings (SSSR count). The van der Waals surface area contributed by atoms with E-state index >= 15 is 0 Å². The highest BCUT2D eigenvalue weighted by Gasteiger charge is 2.26. The van der Waals surface area contributed by atoms with Gasteiger partial charge in [0.05, 0.1) is 6.04 Å². The number of carbonyl (C=O) groups excluding carboxylic acids is 1. The highest BCUT2D eigenvalue weighted by molar-refractivity contribution is 5.81. The van der Waals surface area contributed by atoms with Crippen molar-refractivity contribution >= 4 is 5.91 Å². The third-order valence-electron chi connectivity index (χ3n) is 3.98. The van der Waals surface area contributed by atoms with Crippen molar-refractivity contribution in [2.45, 2.75) is 39.7 Å². The van der Waals surface area contributed by atoms with Crippen LogP contribution in [-0.4, -0.2) is 49.6 Å². The number of piperidine rings is 1. The van der Waals surface area contributed by atoms with Crippen molar-refractivity contribution < 1.29 is 4.79 Å². The van der Waals surface area contributed by atoms with Crippen LogP contribution >= 0.6 is 0 Å². The van der Waals surface area contributed by atoms with Crippen LogP contribution in [0.25, 0.3) is 0 Å². The average molecular weight is 281 g/mol. The maximum atomic E-state index is 11.9. The van der Waals surface area contributed by atoms with Gasteiger partial charge in [-0.1, -0.05) is 19.9 Å². The van der Waals surface area contributed by atoms with Crippen LogP contribution in [0.2, 0.25) is 0 Å². The first-order valence-corrected chi connectivity index (χ1v) is 7.88. The summed E-state index contributed by atoms with van der Waals surface area (Å²) in [5.74, 6) is 1.58. The Bertz CT molecular complexity index is 296. The number of likely N-dealkylation sites (tertiary alicyclic amines) is 1. The summed E-state index contributed by atoms with van der Waals surface area (Å²) in [6.45, 7) is 14.9. The van der Waals surface area contributed by atoms with Crippen LogP contribution in [0.3, 0.4) is 0 Å². The van der Waals surface area contributed by atoms with Gasteiger partial charge in [0.15, 0.2) is 0 Å². The molecule has 1 atom stereocenters. The van der Waals surface area contributed by atoms with Gasteiger partial charge in [-0.2, -0.15) is 0 Å². The minimum absolute atomic E-state index is 0.0282. The van der Waals surface area contributed by atoms with Gasteiger partial charge in [0.25, 0.3) is 0 Å². The van der Waals surface area contributed by atoms with Crippen LogP contribution in [0.5, 0.6) is 0 Å². The van der Waals surface area contributed by atoms with Gasteiger partial charge in [-0.25, -0.2) is 0 Å². The molecular weight excluding hydrogens is 250 g/mol. The molecule has 0 aliphatic carbocycles. The quantitative estimate of drug-likeness (QED) is 0.665. The van der Waals surface area contributed by atoms with Crippen LogP contribution in [0.4, 0.5) is 0 Å². The monoisotopic (exact) mass is 281 g/mol. The molecule has 4 heteroatoms. The second-order valence-corrected chi connectivity index (χ2v) is 6.24. The zero-order chi connectivity index (χ0) is 15.0. The molecule has 1 aliphatic rings. The minimum Gasteiger partial charge on any atom is -0.351 e. The summed E-state index contributed by atoms with van der Waals surface area (Å²) in [5, 5.41) is 6.42. The lowest BCUT2D eigenvalue weighted by atomic mass is 9.95. The van der Waals surface area contributed by atoms with Crippen molar-refractivity contribution in [1.82, 2.24) is 15.5 Å². The van der Waals surface area contributed by atoms with E-state index in [1.807, 2.05) is 6.92 Å². The Labute approximate surface area is 124 Å². The van der Waals surface area contributed by atoms with Crippen molar-refractivity contribution in [2.24, 2.45) is 11.8 Å². The first-order chi connectivity index (χ1) is 9.54. The summed E-state index contributed by atoms with van der Waals surface area (Å²) in [7, 11) is 0. The van der Waals surface area contributed by atoms with E-state index in [1.54, 1.807) is 6.08 Å². The lowest BCUT2D eigenvalue weighted by molar-refractivity contribution is -0.126. The van der Waals surface area contributed by atoms with Crippen LogP contribution in [0.15, 0.2) is 12.7 Å². The van der Waals surface area contributed by atoms with E-state index < -0.39 is 0 Å². The van der Waals surface area contributed by atoms with Gasteiger partial charge >= 0.3 is 0 Å². The van der Waals surface area contributed by atoms with E-state index in [2.05, 4.69) is 36.0 Å². The van der Waals surface area contributed by atoms with Crippen molar-refractivity contribution in [3.05, 3.63) is 12.7 Å². The normalized spacial score (nSPS) is 19.0. The molecule has 0 saturated carbocycles. The Balaban J connectivity index is 2.23. The number of carbonyl (C=O) groups is 1. The van der Waals surface area contributed by atoms with E-state index in [4.69, 9.17) is 0 Å². The smallest absolute Gasteiger partial charge is 0.237 e. The van der Waals surface area contributed by atoms with Gasteiger partial charge in [0, 0.05) is 6.54 Å². The Kier molecular flexibility index (Phi) is 7.85. The molecule has 1 aliphatic heterocycles. The SMILES string of the molecule is C=CCNC(=O)C(C)N1CCC(CNCC(C)C)CC1. The zero-order valence-electron chi connectivity index (χ0n) is 13.3. The molecule has 0 aromatic heterocycles. The fourth-order valence-corrected chi connectivity index (χ4v) is 2.61. The number of amides is 1. The summed E-state index contributed by atoms with van der Waals surface area (Å²) in [5.41, 5.74) is 0. The number of rotatable bonds is 8. The Hall–Kier alpha value is -0.870. The molecule has 0 spiro atoms. The standard InChI is InChI=1S/C16H31N3O/c1-5-8-18-16(20)14(4)19-9-6-15(7-10-19)12-17-11-13(2)3/h5,13-15,17H,1,6-12H2,2-4H3,(H,18,20). The van der Waals surface area contributed by atoms with E-state index in [1.165, 1.54) is 12.8 Å². The maximum absolute atomic E-state index is 11.9. The van der Waals surface area contributed by atoms with E-state index in [9.17, 15) is 4.79 Å². The molecule has 20 heavy (non-hydrogen) atoms. The Morgan fingerprint density at radius 1 is 1.35 bits per heavy atom. The van der Waals surface area contributed by atoms with Crippen molar-refractivity contribution in [1.29, 1.82) is 0 Å². The lowest BCUT2D eigenvalue weighted by Gasteiger charge is -2.35. The van der Waals surface area contributed by atoms with Crippen LogP contribution in [0.1, 0.15) is 33.6 Å². The summed E-state index contributed by atoms with van der Waals surface area (Å²) in [4.78, 5) is 14.2. The first-order valence-electron chi connectivity index (χ1n) is 7.88. The first kappa shape index (κ1) is 17.2. The third kappa shape index (κ3) is 6.06. The molecular formula is C16H31N3O. The zero-order valence-corrected chi connectivity index (χ0v) is 13.3. The molecule has 0 aromatic carbocycles. The predicted octanol–water partition coefficient (Wildman–Crippen LogP) is 1.63. The Morgan fingerprint density at radius 2 is 2.00 bits per heavy atom. The average Bonchev–Trinajstić information content (AvgIpc) is 2.44. The second kappa shape index (κ2) is 9.14. The Morgan fingerprint density at radius 3 is 2.55 bits per heavy atom. The van der Waals surface area contributed by atoms with Gasteiger partial charge < -0.3 is 10.6 Å². The number of nitrogens with zero attached hydrogens (tertiary/aromatic N) is 1. The highest BCUT2D eigenvalue weighted by atomic mass is 16.2. The molecule has 1 heterocycles. The topological polar surface area (TPSA) is 44.4 Å². The van der Waals surface area contributed by atoms with Crippen LogP contribution in [-0.2, 0) is 4.79 Å². The number of hydrogen-bond acceptors (Lipinski definition) is 3. The molecule has 1 saturated heterocycles. The minimum atomic E-state index is -0.0282. The molecule has 0 aromatic rings. The summed E-state index contributed by atoms with van der Waals surface area (Å²) in [6.07, 6.45) is 4.09. The van der Waals surface area contributed by atoms with Gasteiger partial charge in [-0.15, -0.1) is 6.58 Å². The van der Waals surface area contributed by atoms with Gasteiger partial charge in [-0.05, 0) is 57.8 Å². The molecule has 0 radical (unpaired) electrons. The van der Waals surface area contributed by atoms with Crippen molar-refractivity contribution in [3.63, 3.8) is 0 Å². The predicted molar refractivity (Wildman–Crippen MR) is 84.7 cm³/mol. The summed E-state index contributed by atoms with van der Waals surface area (Å²) in [6, 6.07) is -0.0282. The molecule has 1 fully saturated rings. The van der Waals surface area contributed by atoms with E-state index in [0.717, 1.165) is 32.1 Å². The van der Waals surface area contributed by atoms with Crippen LogP contribution in [0, 0.1) is 11.8 Å². The molecule has 0 bridgehead atoms. The van der Waals surface area contributed by atoms with E-state index in [0.29, 0.717) is 12.5 Å². The second-order valence-electron chi connectivity index (χ2n) is 6.24. The van der Waals surface area contributed by atoms with Crippen molar-refractivity contribution in [3.8, 4) is 0 Å². The van der Waals surface area contributed by atoms with Crippen molar-refractivity contribution in [2.75, 3.05) is 32.7 Å². The molecule has 1 amide bonds. The largest absolute Gasteiger partial charge is 0.351 e. The fourth-order valence-electron chi connectivity index (χ4n) is 2.61. The number of hydrogen-bond donors (Lipinski definition) is 2. The van der Waals surface area contributed by atoms with E-state index in [-0.39, 0.29) is 11.9 Å². The summed E-state index contributed by atoms with van der Waals surface area (Å²) < 4.78 is 0. The lowest BCUT2D eigenvalue weighted by Crippen LogP contribution is -2.49. The molecule has 2 N–H and O–H groups in total. The van der Waals surface area contributed by atoms with Gasteiger partial charge in [0.2, 0.25) is 5.91 Å². The maximum Gasteiger partial charge on any atom is 0.237 e. The summed E-state index contributed by atoms with van der Waals surface area (Å²) >= 11 is 0. The highest BCUT2D eigenvalue weighted by Crippen LogP contribution is 2.18.